The average molecular weight is 291 g/mol. The van der Waals surface area contributed by atoms with Crippen LogP contribution in [0.2, 0.25) is 0 Å². The van der Waals surface area contributed by atoms with Crippen LogP contribution >= 0.6 is 0 Å². The molecule has 1 aliphatic heterocycles. The lowest BCUT2D eigenvalue weighted by atomic mass is 10.0. The Bertz CT molecular complexity index is 452. The lowest BCUT2D eigenvalue weighted by Gasteiger charge is -2.43. The Hall–Kier alpha value is -1.46. The van der Waals surface area contributed by atoms with E-state index in [2.05, 4.69) is 28.6 Å². The maximum Gasteiger partial charge on any atom is 0.327 e. The summed E-state index contributed by atoms with van der Waals surface area (Å²) in [5.74, 6) is -0.813. The first-order chi connectivity index (χ1) is 10.2. The van der Waals surface area contributed by atoms with Crippen molar-refractivity contribution in [2.75, 3.05) is 26.2 Å². The zero-order valence-corrected chi connectivity index (χ0v) is 12.9. The van der Waals surface area contributed by atoms with Crippen LogP contribution in [0.25, 0.3) is 0 Å². The normalized spacial score (nSPS) is 22.1. The van der Waals surface area contributed by atoms with Crippen molar-refractivity contribution in [2.45, 2.75) is 38.8 Å². The minimum Gasteiger partial charge on any atom is -0.480 e. The fourth-order valence-electron chi connectivity index (χ4n) is 3.13. The van der Waals surface area contributed by atoms with Crippen LogP contribution in [0, 0.1) is 0 Å². The van der Waals surface area contributed by atoms with E-state index >= 15 is 0 Å². The summed E-state index contributed by atoms with van der Waals surface area (Å²) in [6.45, 7) is 7.96. The summed E-state index contributed by atoms with van der Waals surface area (Å²) in [4.78, 5) is 20.5. The van der Waals surface area contributed by atoms with Crippen LogP contribution in [0.5, 0.6) is 0 Å². The molecule has 1 aromatic rings. The predicted octanol–water partition coefficient (Wildman–Crippen LogP) is 2.01. The van der Waals surface area contributed by atoms with E-state index in [0.29, 0.717) is 11.7 Å². The molecule has 5 nitrogen and oxygen atoms in total. The first-order valence-corrected chi connectivity index (χ1v) is 7.79. The van der Waals surface area contributed by atoms with Gasteiger partial charge in [0.2, 0.25) is 0 Å². The van der Waals surface area contributed by atoms with E-state index in [4.69, 9.17) is 0 Å². The molecule has 1 N–H and O–H groups in total. The van der Waals surface area contributed by atoms with Crippen molar-refractivity contribution in [3.05, 3.63) is 30.1 Å². The molecule has 2 heterocycles. The molecule has 0 spiro atoms. The van der Waals surface area contributed by atoms with Gasteiger partial charge in [0.25, 0.3) is 0 Å². The van der Waals surface area contributed by atoms with Crippen LogP contribution in [-0.4, -0.2) is 58.1 Å². The van der Waals surface area contributed by atoms with Gasteiger partial charge in [-0.2, -0.15) is 0 Å². The zero-order chi connectivity index (χ0) is 15.2. The SMILES string of the molecule is CCCN1CCN(C(C(=O)O)c2ccccn2)CC1CC. The van der Waals surface area contributed by atoms with Gasteiger partial charge in [-0.3, -0.25) is 19.6 Å². The second-order valence-electron chi connectivity index (χ2n) is 5.59. The maximum absolute atomic E-state index is 11.7. The molecule has 1 fully saturated rings. The van der Waals surface area contributed by atoms with Crippen molar-refractivity contribution in [2.24, 2.45) is 0 Å². The summed E-state index contributed by atoms with van der Waals surface area (Å²) in [5, 5.41) is 9.61. The number of carboxylic acids is 1. The van der Waals surface area contributed by atoms with E-state index in [1.165, 1.54) is 0 Å². The van der Waals surface area contributed by atoms with Gasteiger partial charge >= 0.3 is 5.97 Å². The number of rotatable bonds is 6. The molecule has 0 saturated carbocycles. The number of carbonyl (C=O) groups is 1. The van der Waals surface area contributed by atoms with Gasteiger partial charge in [0.15, 0.2) is 6.04 Å². The number of hydrogen-bond acceptors (Lipinski definition) is 4. The van der Waals surface area contributed by atoms with Crippen LogP contribution in [0.1, 0.15) is 38.4 Å². The van der Waals surface area contributed by atoms with E-state index in [0.717, 1.165) is 39.0 Å². The summed E-state index contributed by atoms with van der Waals surface area (Å²) >= 11 is 0. The fourth-order valence-corrected chi connectivity index (χ4v) is 3.13. The molecule has 0 bridgehead atoms. The van der Waals surface area contributed by atoms with Crippen LogP contribution < -0.4 is 0 Å². The van der Waals surface area contributed by atoms with Gasteiger partial charge in [-0.15, -0.1) is 0 Å². The lowest BCUT2D eigenvalue weighted by Crippen LogP contribution is -2.54. The molecule has 2 unspecified atom stereocenters. The highest BCUT2D eigenvalue weighted by Crippen LogP contribution is 2.24. The zero-order valence-electron chi connectivity index (χ0n) is 12.9. The van der Waals surface area contributed by atoms with Crippen LogP contribution in [-0.2, 0) is 4.79 Å². The van der Waals surface area contributed by atoms with E-state index in [1.807, 2.05) is 12.1 Å². The lowest BCUT2D eigenvalue weighted by molar-refractivity contribution is -0.145. The Kier molecular flexibility index (Phi) is 5.70. The molecule has 21 heavy (non-hydrogen) atoms. The van der Waals surface area contributed by atoms with Gasteiger partial charge in [0, 0.05) is 31.9 Å². The second-order valence-corrected chi connectivity index (χ2v) is 5.59. The molecular weight excluding hydrogens is 266 g/mol. The van der Waals surface area contributed by atoms with Crippen LogP contribution in [0.4, 0.5) is 0 Å². The monoisotopic (exact) mass is 291 g/mol. The van der Waals surface area contributed by atoms with Gasteiger partial charge in [-0.05, 0) is 31.5 Å². The number of pyridine rings is 1. The Morgan fingerprint density at radius 3 is 2.81 bits per heavy atom. The summed E-state index contributed by atoms with van der Waals surface area (Å²) in [6, 6.07) is 5.27. The molecule has 0 radical (unpaired) electrons. The average Bonchev–Trinajstić information content (AvgIpc) is 2.50. The van der Waals surface area contributed by atoms with E-state index in [-0.39, 0.29) is 0 Å². The van der Waals surface area contributed by atoms with Crippen molar-refractivity contribution < 1.29 is 9.90 Å². The van der Waals surface area contributed by atoms with Gasteiger partial charge in [0.1, 0.15) is 0 Å². The Balaban J connectivity index is 2.14. The number of carboxylic acid groups (broad SMARTS) is 1. The number of nitrogens with zero attached hydrogens (tertiary/aromatic N) is 3. The third-order valence-electron chi connectivity index (χ3n) is 4.19. The van der Waals surface area contributed by atoms with Crippen molar-refractivity contribution in [3.63, 3.8) is 0 Å². The number of aliphatic carboxylic acids is 1. The topological polar surface area (TPSA) is 56.7 Å². The molecule has 2 rings (SSSR count). The Morgan fingerprint density at radius 1 is 1.43 bits per heavy atom. The summed E-state index contributed by atoms with van der Waals surface area (Å²) < 4.78 is 0. The first-order valence-electron chi connectivity index (χ1n) is 7.79. The molecule has 0 amide bonds. The maximum atomic E-state index is 11.7. The summed E-state index contributed by atoms with van der Waals surface area (Å²) in [6.07, 6.45) is 3.85. The number of hydrogen-bond donors (Lipinski definition) is 1. The van der Waals surface area contributed by atoms with Gasteiger partial charge < -0.3 is 5.11 Å². The van der Waals surface area contributed by atoms with Gasteiger partial charge in [0.05, 0.1) is 5.69 Å². The Labute approximate surface area is 126 Å². The van der Waals surface area contributed by atoms with Crippen molar-refractivity contribution >= 4 is 5.97 Å². The third kappa shape index (κ3) is 3.80. The van der Waals surface area contributed by atoms with Crippen molar-refractivity contribution in [3.8, 4) is 0 Å². The third-order valence-corrected chi connectivity index (χ3v) is 4.19. The van der Waals surface area contributed by atoms with Gasteiger partial charge in [-0.1, -0.05) is 19.9 Å². The highest BCUT2D eigenvalue weighted by Gasteiger charge is 2.34. The molecule has 116 valence electrons. The molecule has 1 aromatic heterocycles. The standard InChI is InChI=1S/C16H25N3O2/c1-3-9-18-10-11-19(12-13(18)4-2)15(16(20)21)14-7-5-6-8-17-14/h5-8,13,15H,3-4,9-12H2,1-2H3,(H,20,21). The summed E-state index contributed by atoms with van der Waals surface area (Å²) in [7, 11) is 0. The van der Waals surface area contributed by atoms with Crippen molar-refractivity contribution in [1.82, 2.24) is 14.8 Å². The van der Waals surface area contributed by atoms with E-state index in [1.54, 1.807) is 12.3 Å². The summed E-state index contributed by atoms with van der Waals surface area (Å²) in [5.41, 5.74) is 0.629. The highest BCUT2D eigenvalue weighted by atomic mass is 16.4. The first kappa shape index (κ1) is 15.9. The second kappa shape index (κ2) is 7.52. The van der Waals surface area contributed by atoms with E-state index in [9.17, 15) is 9.90 Å². The van der Waals surface area contributed by atoms with Gasteiger partial charge in [-0.25, -0.2) is 0 Å². The number of aromatic nitrogens is 1. The van der Waals surface area contributed by atoms with Crippen LogP contribution in [0.15, 0.2) is 24.4 Å². The molecular formula is C16H25N3O2. The molecule has 1 saturated heterocycles. The molecule has 5 heteroatoms. The van der Waals surface area contributed by atoms with E-state index < -0.39 is 12.0 Å². The number of piperazine rings is 1. The molecule has 2 atom stereocenters. The van der Waals surface area contributed by atoms with Crippen molar-refractivity contribution in [1.29, 1.82) is 0 Å². The minimum absolute atomic E-state index is 0.435. The smallest absolute Gasteiger partial charge is 0.327 e. The van der Waals surface area contributed by atoms with Crippen LogP contribution in [0.3, 0.4) is 0 Å². The largest absolute Gasteiger partial charge is 0.480 e. The quantitative estimate of drug-likeness (QED) is 0.869. The molecule has 0 aliphatic carbocycles. The molecule has 0 aromatic carbocycles. The fraction of sp³-hybridized carbons (Fsp3) is 0.625. The minimum atomic E-state index is -0.813. The highest BCUT2D eigenvalue weighted by molar-refractivity contribution is 5.74. The molecule has 1 aliphatic rings. The Morgan fingerprint density at radius 2 is 2.24 bits per heavy atom. The predicted molar refractivity (Wildman–Crippen MR) is 82.1 cm³/mol.